The highest BCUT2D eigenvalue weighted by Crippen LogP contribution is 2.27. The van der Waals surface area contributed by atoms with Crippen LogP contribution in [0.4, 0.5) is 10.1 Å². The second-order valence-corrected chi connectivity index (χ2v) is 8.36. The van der Waals surface area contributed by atoms with Crippen LogP contribution in [0.1, 0.15) is 13.8 Å². The molecule has 0 heterocycles. The van der Waals surface area contributed by atoms with Gasteiger partial charge in [0, 0.05) is 12.2 Å². The van der Waals surface area contributed by atoms with Crippen LogP contribution in [-0.2, 0) is 14.8 Å². The Balaban J connectivity index is 1.97. The molecule has 9 heteroatoms. The number of carbonyl (C=O) groups is 1. The van der Waals surface area contributed by atoms with Crippen molar-refractivity contribution in [3.05, 3.63) is 53.3 Å². The molecule has 0 saturated heterocycles. The number of benzene rings is 2. The van der Waals surface area contributed by atoms with Gasteiger partial charge < -0.3 is 10.1 Å². The zero-order valence-electron chi connectivity index (χ0n) is 14.8. The first-order chi connectivity index (χ1) is 12.7. The molecular formula is C18H20ClFN2O4S. The highest BCUT2D eigenvalue weighted by Gasteiger charge is 2.16. The summed E-state index contributed by atoms with van der Waals surface area (Å²) in [5, 5.41) is 2.61. The van der Waals surface area contributed by atoms with Crippen molar-refractivity contribution >= 4 is 33.2 Å². The van der Waals surface area contributed by atoms with Gasteiger partial charge in [0.05, 0.1) is 9.92 Å². The van der Waals surface area contributed by atoms with Crippen molar-refractivity contribution in [3.8, 4) is 5.75 Å². The zero-order valence-corrected chi connectivity index (χ0v) is 16.4. The predicted molar refractivity (Wildman–Crippen MR) is 102 cm³/mol. The van der Waals surface area contributed by atoms with Gasteiger partial charge in [0.1, 0.15) is 11.6 Å². The van der Waals surface area contributed by atoms with E-state index in [2.05, 4.69) is 10.0 Å². The van der Waals surface area contributed by atoms with Gasteiger partial charge in [-0.25, -0.2) is 17.5 Å². The Morgan fingerprint density at radius 3 is 2.44 bits per heavy atom. The first kappa shape index (κ1) is 21.1. The molecule has 0 fully saturated rings. The summed E-state index contributed by atoms with van der Waals surface area (Å²) in [5.41, 5.74) is 0.425. The predicted octanol–water partition coefficient (Wildman–Crippen LogP) is 3.43. The lowest BCUT2D eigenvalue weighted by atomic mass is 10.2. The molecule has 1 amide bonds. The molecule has 0 aliphatic carbocycles. The van der Waals surface area contributed by atoms with Crippen LogP contribution >= 0.6 is 11.6 Å². The molecule has 0 bridgehead atoms. The zero-order chi connectivity index (χ0) is 20.0. The third-order valence-corrected chi connectivity index (χ3v) is 5.10. The van der Waals surface area contributed by atoms with E-state index in [0.29, 0.717) is 12.2 Å². The van der Waals surface area contributed by atoms with Crippen molar-refractivity contribution in [2.75, 3.05) is 18.5 Å². The Morgan fingerprint density at radius 2 is 1.85 bits per heavy atom. The quantitative estimate of drug-likeness (QED) is 0.693. The smallest absolute Gasteiger partial charge is 0.262 e. The maximum absolute atomic E-state index is 12.8. The van der Waals surface area contributed by atoms with Gasteiger partial charge in [-0.1, -0.05) is 25.4 Å². The molecule has 0 aliphatic heterocycles. The summed E-state index contributed by atoms with van der Waals surface area (Å²) in [4.78, 5) is 11.9. The first-order valence-corrected chi connectivity index (χ1v) is 10.0. The Hall–Kier alpha value is -2.16. The van der Waals surface area contributed by atoms with E-state index >= 15 is 0 Å². The highest BCUT2D eigenvalue weighted by molar-refractivity contribution is 7.89. The molecule has 0 spiro atoms. The standard InChI is InChI=1S/C18H20ClFN2O4S/c1-12(2)10-21-27(24,25)15-7-8-17(16(19)9-15)26-11-18(23)22-14-5-3-13(20)4-6-14/h3-9,12,21H,10-11H2,1-2H3,(H,22,23). The van der Waals surface area contributed by atoms with Gasteiger partial charge in [-0.3, -0.25) is 4.79 Å². The van der Waals surface area contributed by atoms with E-state index in [4.69, 9.17) is 16.3 Å². The number of hydrogen-bond donors (Lipinski definition) is 2. The lowest BCUT2D eigenvalue weighted by Gasteiger charge is -2.12. The molecule has 0 atom stereocenters. The van der Waals surface area contributed by atoms with E-state index in [9.17, 15) is 17.6 Å². The molecule has 6 nitrogen and oxygen atoms in total. The highest BCUT2D eigenvalue weighted by atomic mass is 35.5. The van der Waals surface area contributed by atoms with Gasteiger partial charge in [0.25, 0.3) is 5.91 Å². The molecule has 2 aromatic rings. The Morgan fingerprint density at radius 1 is 1.19 bits per heavy atom. The average Bonchev–Trinajstić information content (AvgIpc) is 2.61. The lowest BCUT2D eigenvalue weighted by Crippen LogP contribution is -2.27. The minimum absolute atomic E-state index is 0.0104. The van der Waals surface area contributed by atoms with Gasteiger partial charge in [-0.2, -0.15) is 0 Å². The number of ether oxygens (including phenoxy) is 1. The van der Waals surface area contributed by atoms with Crippen LogP contribution in [0.3, 0.4) is 0 Å². The molecule has 2 rings (SSSR count). The molecule has 0 radical (unpaired) electrons. The van der Waals surface area contributed by atoms with Gasteiger partial charge >= 0.3 is 0 Å². The monoisotopic (exact) mass is 414 g/mol. The normalized spacial score (nSPS) is 11.4. The van der Waals surface area contributed by atoms with Gasteiger partial charge in [0.15, 0.2) is 6.61 Å². The van der Waals surface area contributed by atoms with Crippen LogP contribution in [0.5, 0.6) is 5.75 Å². The number of anilines is 1. The summed E-state index contributed by atoms with van der Waals surface area (Å²) in [6, 6.07) is 9.28. The fourth-order valence-electron chi connectivity index (χ4n) is 2.00. The number of carbonyl (C=O) groups excluding carboxylic acids is 1. The second-order valence-electron chi connectivity index (χ2n) is 6.18. The summed E-state index contributed by atoms with van der Waals surface area (Å²) in [6.07, 6.45) is 0. The van der Waals surface area contributed by atoms with Crippen LogP contribution in [0.15, 0.2) is 47.4 Å². The lowest BCUT2D eigenvalue weighted by molar-refractivity contribution is -0.118. The van der Waals surface area contributed by atoms with Gasteiger partial charge in [0.2, 0.25) is 10.0 Å². The van der Waals surface area contributed by atoms with Crippen LogP contribution in [0, 0.1) is 11.7 Å². The van der Waals surface area contributed by atoms with E-state index in [1.807, 2.05) is 13.8 Å². The Kier molecular flexibility index (Phi) is 7.18. The SMILES string of the molecule is CC(C)CNS(=O)(=O)c1ccc(OCC(=O)Nc2ccc(F)cc2)c(Cl)c1. The van der Waals surface area contributed by atoms with Crippen LogP contribution < -0.4 is 14.8 Å². The van der Waals surface area contributed by atoms with Crippen molar-refractivity contribution < 1.29 is 22.3 Å². The van der Waals surface area contributed by atoms with Crippen molar-refractivity contribution in [2.24, 2.45) is 5.92 Å². The molecule has 0 saturated carbocycles. The van der Waals surface area contributed by atoms with E-state index in [-0.39, 0.29) is 28.2 Å². The van der Waals surface area contributed by atoms with Gasteiger partial charge in [-0.15, -0.1) is 0 Å². The van der Waals surface area contributed by atoms with Crippen LogP contribution in [0.2, 0.25) is 5.02 Å². The third-order valence-electron chi connectivity index (χ3n) is 3.38. The summed E-state index contributed by atoms with van der Waals surface area (Å²) in [5.74, 6) is -0.534. The third kappa shape index (κ3) is 6.50. The molecular weight excluding hydrogens is 395 g/mol. The number of hydrogen-bond acceptors (Lipinski definition) is 4. The molecule has 0 unspecified atom stereocenters. The van der Waals surface area contributed by atoms with Crippen molar-refractivity contribution in [3.63, 3.8) is 0 Å². The van der Waals surface area contributed by atoms with E-state index < -0.39 is 21.7 Å². The summed E-state index contributed by atoms with van der Waals surface area (Å²) < 4.78 is 45.0. The number of sulfonamides is 1. The molecule has 27 heavy (non-hydrogen) atoms. The Bertz CT molecular complexity index is 902. The summed E-state index contributed by atoms with van der Waals surface area (Å²) >= 11 is 6.07. The minimum atomic E-state index is -3.67. The molecule has 0 aliphatic rings. The fraction of sp³-hybridized carbons (Fsp3) is 0.278. The van der Waals surface area contributed by atoms with Crippen LogP contribution in [0.25, 0.3) is 0 Å². The average molecular weight is 415 g/mol. The topological polar surface area (TPSA) is 84.5 Å². The summed E-state index contributed by atoms with van der Waals surface area (Å²) in [7, 11) is -3.67. The van der Waals surface area contributed by atoms with Crippen molar-refractivity contribution in [1.82, 2.24) is 4.72 Å². The second kappa shape index (κ2) is 9.16. The van der Waals surface area contributed by atoms with Gasteiger partial charge in [-0.05, 0) is 48.4 Å². The fourth-order valence-corrected chi connectivity index (χ4v) is 3.54. The maximum atomic E-state index is 12.8. The number of amides is 1. The summed E-state index contributed by atoms with van der Waals surface area (Å²) in [6.45, 7) is 3.75. The van der Waals surface area contributed by atoms with E-state index in [0.717, 1.165) is 0 Å². The van der Waals surface area contributed by atoms with Crippen LogP contribution in [-0.4, -0.2) is 27.5 Å². The van der Waals surface area contributed by atoms with Crippen molar-refractivity contribution in [1.29, 1.82) is 0 Å². The van der Waals surface area contributed by atoms with Crippen molar-refractivity contribution in [2.45, 2.75) is 18.7 Å². The Labute approximate surface area is 162 Å². The van der Waals surface area contributed by atoms with E-state index in [1.54, 1.807) is 0 Å². The number of nitrogens with one attached hydrogen (secondary N) is 2. The molecule has 2 aromatic carbocycles. The molecule has 146 valence electrons. The largest absolute Gasteiger partial charge is 0.482 e. The number of halogens is 2. The maximum Gasteiger partial charge on any atom is 0.262 e. The number of rotatable bonds is 8. The molecule has 0 aromatic heterocycles. The first-order valence-electron chi connectivity index (χ1n) is 8.15. The minimum Gasteiger partial charge on any atom is -0.482 e. The molecule has 2 N–H and O–H groups in total. The van der Waals surface area contributed by atoms with E-state index in [1.165, 1.54) is 42.5 Å².